The zero-order chi connectivity index (χ0) is 25.5. The Bertz CT molecular complexity index is 1130. The van der Waals surface area contributed by atoms with Crippen LogP contribution in [0.2, 0.25) is 0 Å². The van der Waals surface area contributed by atoms with E-state index >= 15 is 0 Å². The summed E-state index contributed by atoms with van der Waals surface area (Å²) in [7, 11) is 0. The van der Waals surface area contributed by atoms with Crippen molar-refractivity contribution in [1.29, 1.82) is 0 Å². The van der Waals surface area contributed by atoms with Crippen LogP contribution in [0.5, 0.6) is 5.75 Å². The Morgan fingerprint density at radius 3 is 2.49 bits per heavy atom. The molecule has 0 radical (unpaired) electrons. The number of hydrogen-bond acceptors (Lipinski definition) is 7. The largest absolute Gasteiger partial charge is 0.507 e. The highest BCUT2D eigenvalue weighted by Gasteiger charge is 2.46. The molecule has 0 aliphatic carbocycles. The van der Waals surface area contributed by atoms with Gasteiger partial charge in [0, 0.05) is 24.2 Å². The molecule has 0 saturated carbocycles. The number of Topliss-reactive ketones (excluding diaryl/α,β-unsaturated/α-hetero) is 1. The number of ketones is 1. The van der Waals surface area contributed by atoms with Gasteiger partial charge in [-0.05, 0) is 50.7 Å². The molecular weight excluding hydrogens is 450 g/mol. The topological polar surface area (TPSA) is 113 Å². The Kier molecular flexibility index (Phi) is 8.59. The van der Waals surface area contributed by atoms with Gasteiger partial charge in [0.15, 0.2) is 0 Å². The van der Waals surface area contributed by atoms with Gasteiger partial charge in [0.25, 0.3) is 17.4 Å². The van der Waals surface area contributed by atoms with Crippen molar-refractivity contribution in [3.05, 3.63) is 75.3 Å². The predicted octanol–water partition coefficient (Wildman–Crippen LogP) is 4.15. The Labute approximate surface area is 204 Å². The van der Waals surface area contributed by atoms with E-state index in [0.29, 0.717) is 29.9 Å². The third-order valence-electron chi connectivity index (χ3n) is 6.12. The number of nitro benzene ring substituents is 1. The highest BCUT2D eigenvalue weighted by molar-refractivity contribution is 6.46. The predicted molar refractivity (Wildman–Crippen MR) is 132 cm³/mol. The summed E-state index contributed by atoms with van der Waals surface area (Å²) in [6.07, 6.45) is 0.611. The normalized spacial score (nSPS) is 17.3. The maximum absolute atomic E-state index is 13.2. The average molecular weight is 482 g/mol. The zero-order valence-corrected chi connectivity index (χ0v) is 20.3. The monoisotopic (exact) mass is 481 g/mol. The molecule has 1 heterocycles. The number of amides is 1. The Hall–Kier alpha value is -3.72. The summed E-state index contributed by atoms with van der Waals surface area (Å²) in [6, 6.07) is 11.5. The van der Waals surface area contributed by atoms with Crippen LogP contribution in [0.15, 0.2) is 54.1 Å². The molecule has 1 saturated heterocycles. The fraction of sp³-hybridized carbons (Fsp3) is 0.385. The summed E-state index contributed by atoms with van der Waals surface area (Å²) < 4.78 is 5.50. The molecular formula is C26H31N3O6. The second-order valence-corrected chi connectivity index (χ2v) is 8.19. The van der Waals surface area contributed by atoms with E-state index in [9.17, 15) is 24.8 Å². The third-order valence-corrected chi connectivity index (χ3v) is 6.12. The van der Waals surface area contributed by atoms with E-state index in [-0.39, 0.29) is 23.6 Å². The van der Waals surface area contributed by atoms with E-state index in [2.05, 4.69) is 18.7 Å². The Morgan fingerprint density at radius 1 is 1.11 bits per heavy atom. The average Bonchev–Trinajstić information content (AvgIpc) is 3.11. The summed E-state index contributed by atoms with van der Waals surface area (Å²) in [5.74, 6) is -1.38. The molecule has 1 amide bonds. The van der Waals surface area contributed by atoms with Crippen molar-refractivity contribution in [3.8, 4) is 5.75 Å². The number of nitro groups is 1. The highest BCUT2D eigenvalue weighted by atomic mass is 16.6. The summed E-state index contributed by atoms with van der Waals surface area (Å²) >= 11 is 0. The molecule has 35 heavy (non-hydrogen) atoms. The summed E-state index contributed by atoms with van der Waals surface area (Å²) in [5, 5.41) is 22.6. The van der Waals surface area contributed by atoms with Gasteiger partial charge in [-0.15, -0.1) is 0 Å². The van der Waals surface area contributed by atoms with Gasteiger partial charge in [-0.3, -0.25) is 19.7 Å². The molecule has 1 aliphatic heterocycles. The molecule has 0 aromatic heterocycles. The maximum Gasteiger partial charge on any atom is 0.295 e. The summed E-state index contributed by atoms with van der Waals surface area (Å²) in [5.41, 5.74) is 0.470. The standard InChI is InChI=1S/C26H31N3O6/c1-4-27(5-2)14-9-15-28-23(18-10-7-12-20(16-18)29(33)34)22(25(31)26(28)32)24(30)19-11-8-13-21(17-19)35-6-3/h7-8,10-13,16-17,23,30H,4-6,9,14-15H2,1-3H3/b24-22+. The van der Waals surface area contributed by atoms with Crippen LogP contribution in [0.3, 0.4) is 0 Å². The molecule has 3 rings (SSSR count). The van der Waals surface area contributed by atoms with Crippen LogP contribution in [0.1, 0.15) is 44.4 Å². The number of aliphatic hydroxyl groups excluding tert-OH is 1. The van der Waals surface area contributed by atoms with Gasteiger partial charge >= 0.3 is 0 Å². The van der Waals surface area contributed by atoms with Gasteiger partial charge in [-0.25, -0.2) is 0 Å². The van der Waals surface area contributed by atoms with E-state index < -0.39 is 22.7 Å². The van der Waals surface area contributed by atoms with Crippen LogP contribution in [0, 0.1) is 10.1 Å². The Morgan fingerprint density at radius 2 is 1.83 bits per heavy atom. The molecule has 1 fully saturated rings. The number of nitrogens with zero attached hydrogens (tertiary/aromatic N) is 3. The lowest BCUT2D eigenvalue weighted by Gasteiger charge is -2.26. The first-order chi connectivity index (χ1) is 16.8. The van der Waals surface area contributed by atoms with Gasteiger partial charge in [-0.1, -0.05) is 38.1 Å². The second kappa shape index (κ2) is 11.6. The number of non-ortho nitro benzene ring substituents is 1. The van der Waals surface area contributed by atoms with E-state index in [1.54, 1.807) is 30.3 Å². The fourth-order valence-electron chi connectivity index (χ4n) is 4.33. The quantitative estimate of drug-likeness (QED) is 0.169. The summed E-state index contributed by atoms with van der Waals surface area (Å²) in [6.45, 7) is 9.08. The molecule has 1 atom stereocenters. The van der Waals surface area contributed by atoms with Crippen LogP contribution in [0.4, 0.5) is 5.69 Å². The van der Waals surface area contributed by atoms with E-state index in [4.69, 9.17) is 4.74 Å². The molecule has 0 bridgehead atoms. The minimum Gasteiger partial charge on any atom is -0.507 e. The first kappa shape index (κ1) is 25.9. The van der Waals surface area contributed by atoms with Crippen molar-refractivity contribution in [2.45, 2.75) is 33.2 Å². The van der Waals surface area contributed by atoms with Gasteiger partial charge in [0.1, 0.15) is 11.5 Å². The van der Waals surface area contributed by atoms with E-state index in [1.165, 1.54) is 23.1 Å². The van der Waals surface area contributed by atoms with Crippen molar-refractivity contribution < 1.29 is 24.4 Å². The number of ether oxygens (including phenoxy) is 1. The Balaban J connectivity index is 2.08. The fourth-order valence-corrected chi connectivity index (χ4v) is 4.33. The molecule has 2 aromatic rings. The number of carbonyl (C=O) groups is 2. The lowest BCUT2D eigenvalue weighted by Crippen LogP contribution is -2.33. The molecule has 0 spiro atoms. The van der Waals surface area contributed by atoms with Gasteiger partial charge in [0.2, 0.25) is 0 Å². The summed E-state index contributed by atoms with van der Waals surface area (Å²) in [4.78, 5) is 40.8. The minimum absolute atomic E-state index is 0.0908. The van der Waals surface area contributed by atoms with Crippen molar-refractivity contribution >= 4 is 23.1 Å². The first-order valence-corrected chi connectivity index (χ1v) is 11.8. The van der Waals surface area contributed by atoms with Gasteiger partial charge in [0.05, 0.1) is 23.1 Å². The van der Waals surface area contributed by atoms with Crippen LogP contribution >= 0.6 is 0 Å². The van der Waals surface area contributed by atoms with Crippen molar-refractivity contribution in [2.75, 3.05) is 32.8 Å². The molecule has 2 aromatic carbocycles. The van der Waals surface area contributed by atoms with Crippen molar-refractivity contribution in [2.24, 2.45) is 0 Å². The van der Waals surface area contributed by atoms with Crippen molar-refractivity contribution in [3.63, 3.8) is 0 Å². The number of carbonyl (C=O) groups excluding carboxylic acids is 2. The number of likely N-dealkylation sites (tertiary alicyclic amines) is 1. The SMILES string of the molecule is CCOc1cccc(/C(O)=C2\C(=O)C(=O)N(CCCN(CC)CC)C2c2cccc([N+](=O)[O-])c2)c1. The minimum atomic E-state index is -0.942. The second-order valence-electron chi connectivity index (χ2n) is 8.19. The van der Waals surface area contributed by atoms with Crippen LogP contribution in [0.25, 0.3) is 5.76 Å². The maximum atomic E-state index is 13.2. The smallest absolute Gasteiger partial charge is 0.295 e. The van der Waals surface area contributed by atoms with Crippen LogP contribution < -0.4 is 4.74 Å². The van der Waals surface area contributed by atoms with Gasteiger partial charge in [-0.2, -0.15) is 0 Å². The molecule has 9 heteroatoms. The molecule has 1 N–H and O–H groups in total. The van der Waals surface area contributed by atoms with Crippen molar-refractivity contribution in [1.82, 2.24) is 9.80 Å². The number of benzene rings is 2. The van der Waals surface area contributed by atoms with Crippen LogP contribution in [-0.2, 0) is 9.59 Å². The number of aliphatic hydroxyl groups is 1. The van der Waals surface area contributed by atoms with Crippen LogP contribution in [-0.4, -0.2) is 64.3 Å². The van der Waals surface area contributed by atoms with E-state index in [1.807, 2.05) is 6.92 Å². The molecule has 1 unspecified atom stereocenters. The lowest BCUT2D eigenvalue weighted by atomic mass is 9.95. The molecule has 1 aliphatic rings. The highest BCUT2D eigenvalue weighted by Crippen LogP contribution is 2.40. The first-order valence-electron chi connectivity index (χ1n) is 11.8. The van der Waals surface area contributed by atoms with E-state index in [0.717, 1.165) is 19.6 Å². The lowest BCUT2D eigenvalue weighted by molar-refractivity contribution is -0.384. The zero-order valence-electron chi connectivity index (χ0n) is 20.3. The molecule has 186 valence electrons. The molecule has 9 nitrogen and oxygen atoms in total. The van der Waals surface area contributed by atoms with Gasteiger partial charge < -0.3 is 19.6 Å². The number of rotatable bonds is 11. The third kappa shape index (κ3) is 5.68. The number of hydrogen-bond donors (Lipinski definition) is 1.